The second-order valence-corrected chi connectivity index (χ2v) is 9.30. The van der Waals surface area contributed by atoms with Crippen molar-refractivity contribution in [1.29, 1.82) is 0 Å². The minimum atomic E-state index is -0.627. The van der Waals surface area contributed by atoms with Gasteiger partial charge in [0, 0.05) is 30.3 Å². The number of ether oxygens (including phenoxy) is 2. The smallest absolute Gasteiger partial charge is 0.410 e. The van der Waals surface area contributed by atoms with Gasteiger partial charge in [-0.2, -0.15) is 0 Å². The van der Waals surface area contributed by atoms with E-state index >= 15 is 0 Å². The van der Waals surface area contributed by atoms with Gasteiger partial charge in [-0.15, -0.1) is 0 Å². The number of likely N-dealkylation sites (tertiary alicyclic amines) is 1. The van der Waals surface area contributed by atoms with Crippen LogP contribution in [-0.2, 0) is 20.8 Å². The summed E-state index contributed by atoms with van der Waals surface area (Å²) in [4.78, 5) is 40.8. The number of carbonyl (C=O) groups is 3. The number of benzene rings is 2. The normalized spacial score (nSPS) is 14.4. The van der Waals surface area contributed by atoms with Crippen molar-refractivity contribution in [2.24, 2.45) is 5.92 Å². The largest absolute Gasteiger partial charge is 0.465 e. The van der Waals surface area contributed by atoms with Crippen molar-refractivity contribution in [2.45, 2.75) is 45.8 Å². The van der Waals surface area contributed by atoms with Crippen molar-refractivity contribution in [3.8, 4) is 0 Å². The maximum Gasteiger partial charge on any atom is 0.410 e. The van der Waals surface area contributed by atoms with E-state index < -0.39 is 17.4 Å². The number of hydrogen-bond donors (Lipinski definition) is 0. The zero-order valence-corrected chi connectivity index (χ0v) is 20.0. The van der Waals surface area contributed by atoms with Gasteiger partial charge in [0.2, 0.25) is 5.91 Å². The third-order valence-electron chi connectivity index (χ3n) is 5.63. The highest BCUT2D eigenvalue weighted by molar-refractivity contribution is 5.95. The van der Waals surface area contributed by atoms with Crippen LogP contribution in [0.3, 0.4) is 0 Å². The molecule has 0 aromatic heterocycles. The number of rotatable bonds is 5. The van der Waals surface area contributed by atoms with E-state index in [1.165, 1.54) is 19.2 Å². The van der Waals surface area contributed by atoms with Crippen LogP contribution in [-0.4, -0.2) is 48.7 Å². The minimum Gasteiger partial charge on any atom is -0.465 e. The van der Waals surface area contributed by atoms with Crippen LogP contribution in [0.4, 0.5) is 14.9 Å². The summed E-state index contributed by atoms with van der Waals surface area (Å²) in [5.41, 5.74) is 0.465. The molecule has 0 aliphatic carbocycles. The standard InChI is InChI=1S/C26H31FN2O5/c1-26(2,3)34-25(32)28-14-12-18(13-15-28)23(30)29(21-8-6-5-7-9-21)17-20-11-10-19(16-22(20)27)24(31)33-4/h5-11,16,18H,12-15,17H2,1-4H3. The number of amides is 2. The number of anilines is 1. The first-order valence-electron chi connectivity index (χ1n) is 11.3. The maximum atomic E-state index is 14.8. The van der Waals surface area contributed by atoms with Gasteiger partial charge in [0.25, 0.3) is 0 Å². The first-order chi connectivity index (χ1) is 16.1. The Bertz CT molecular complexity index is 1030. The Kier molecular flexibility index (Phi) is 7.91. The summed E-state index contributed by atoms with van der Waals surface area (Å²) in [5.74, 6) is -1.66. The molecule has 0 saturated carbocycles. The van der Waals surface area contributed by atoms with Gasteiger partial charge in [-0.25, -0.2) is 14.0 Å². The molecule has 0 bridgehead atoms. The molecule has 2 aromatic carbocycles. The van der Waals surface area contributed by atoms with Gasteiger partial charge >= 0.3 is 12.1 Å². The van der Waals surface area contributed by atoms with Gasteiger partial charge in [-0.1, -0.05) is 24.3 Å². The van der Waals surface area contributed by atoms with Crippen molar-refractivity contribution < 1.29 is 28.2 Å². The number of para-hydroxylation sites is 1. The monoisotopic (exact) mass is 470 g/mol. The van der Waals surface area contributed by atoms with Gasteiger partial charge in [0.1, 0.15) is 11.4 Å². The van der Waals surface area contributed by atoms with Crippen molar-refractivity contribution >= 4 is 23.7 Å². The Balaban J connectivity index is 1.75. The van der Waals surface area contributed by atoms with Crippen molar-refractivity contribution in [1.82, 2.24) is 4.90 Å². The molecule has 8 heteroatoms. The Morgan fingerprint density at radius 2 is 1.71 bits per heavy atom. The van der Waals surface area contributed by atoms with Gasteiger partial charge in [-0.3, -0.25) is 4.79 Å². The van der Waals surface area contributed by atoms with Crippen LogP contribution in [0.5, 0.6) is 0 Å². The van der Waals surface area contributed by atoms with Gasteiger partial charge < -0.3 is 19.3 Å². The minimum absolute atomic E-state index is 0.0163. The lowest BCUT2D eigenvalue weighted by atomic mass is 9.95. The van der Waals surface area contributed by atoms with Crippen molar-refractivity contribution in [3.63, 3.8) is 0 Å². The molecule has 3 rings (SSSR count). The average Bonchev–Trinajstić information content (AvgIpc) is 2.82. The molecule has 1 fully saturated rings. The molecule has 0 spiro atoms. The fourth-order valence-corrected chi connectivity index (χ4v) is 3.85. The number of esters is 1. The topological polar surface area (TPSA) is 76.2 Å². The molecule has 0 radical (unpaired) electrons. The van der Waals surface area contributed by atoms with Crippen LogP contribution in [0, 0.1) is 11.7 Å². The van der Waals surface area contributed by atoms with E-state index in [1.807, 2.05) is 39.0 Å². The van der Waals surface area contributed by atoms with Crippen molar-refractivity contribution in [2.75, 3.05) is 25.1 Å². The number of halogens is 1. The highest BCUT2D eigenvalue weighted by Crippen LogP contribution is 2.27. The first-order valence-corrected chi connectivity index (χ1v) is 11.3. The van der Waals surface area contributed by atoms with E-state index in [2.05, 4.69) is 4.74 Å². The lowest BCUT2D eigenvalue weighted by molar-refractivity contribution is -0.124. The zero-order valence-electron chi connectivity index (χ0n) is 20.0. The quantitative estimate of drug-likeness (QED) is 0.587. The Morgan fingerprint density at radius 3 is 2.26 bits per heavy atom. The van der Waals surface area contributed by atoms with E-state index in [0.29, 0.717) is 31.6 Å². The van der Waals surface area contributed by atoms with E-state index in [4.69, 9.17) is 4.74 Å². The summed E-state index contributed by atoms with van der Waals surface area (Å²) in [7, 11) is 1.23. The average molecular weight is 471 g/mol. The lowest BCUT2D eigenvalue weighted by Crippen LogP contribution is -2.45. The molecule has 0 N–H and O–H groups in total. The molecule has 1 heterocycles. The van der Waals surface area contributed by atoms with Crippen LogP contribution in [0.15, 0.2) is 48.5 Å². The maximum absolute atomic E-state index is 14.8. The number of carbonyl (C=O) groups excluding carboxylic acids is 3. The fourth-order valence-electron chi connectivity index (χ4n) is 3.85. The molecule has 182 valence electrons. The Hall–Kier alpha value is -3.42. The molecule has 2 amide bonds. The lowest BCUT2D eigenvalue weighted by Gasteiger charge is -2.35. The third-order valence-corrected chi connectivity index (χ3v) is 5.63. The molecule has 2 aromatic rings. The molecule has 1 aliphatic rings. The molecule has 34 heavy (non-hydrogen) atoms. The van der Waals surface area contributed by atoms with Gasteiger partial charge in [-0.05, 0) is 57.9 Å². The van der Waals surface area contributed by atoms with E-state index in [9.17, 15) is 18.8 Å². The zero-order chi connectivity index (χ0) is 24.9. The highest BCUT2D eigenvalue weighted by Gasteiger charge is 2.33. The van der Waals surface area contributed by atoms with Crippen LogP contribution in [0.2, 0.25) is 0 Å². The summed E-state index contributed by atoms with van der Waals surface area (Å²) in [6.07, 6.45) is 0.599. The highest BCUT2D eigenvalue weighted by atomic mass is 19.1. The summed E-state index contributed by atoms with van der Waals surface area (Å²) < 4.78 is 24.9. The van der Waals surface area contributed by atoms with E-state index in [-0.39, 0.29) is 35.6 Å². The molecule has 0 atom stereocenters. The molecular weight excluding hydrogens is 439 g/mol. The second kappa shape index (κ2) is 10.7. The number of methoxy groups -OCH3 is 1. The molecule has 1 saturated heterocycles. The first kappa shape index (κ1) is 25.2. The fraction of sp³-hybridized carbons (Fsp3) is 0.423. The van der Waals surface area contributed by atoms with Crippen LogP contribution < -0.4 is 4.90 Å². The SMILES string of the molecule is COC(=O)c1ccc(CN(C(=O)C2CCN(C(=O)OC(C)(C)C)CC2)c2ccccc2)c(F)c1. The summed E-state index contributed by atoms with van der Waals surface area (Å²) in [6.45, 7) is 6.29. The Morgan fingerprint density at radius 1 is 1.06 bits per heavy atom. The summed E-state index contributed by atoms with van der Waals surface area (Å²) >= 11 is 0. The van der Waals surface area contributed by atoms with Crippen LogP contribution >= 0.6 is 0 Å². The number of hydrogen-bond acceptors (Lipinski definition) is 5. The van der Waals surface area contributed by atoms with Gasteiger partial charge in [0.15, 0.2) is 0 Å². The van der Waals surface area contributed by atoms with E-state index in [0.717, 1.165) is 6.07 Å². The predicted molar refractivity (Wildman–Crippen MR) is 126 cm³/mol. The van der Waals surface area contributed by atoms with Crippen LogP contribution in [0.1, 0.15) is 49.5 Å². The molecule has 0 unspecified atom stereocenters. The Labute approximate surface area is 199 Å². The number of nitrogens with zero attached hydrogens (tertiary/aromatic N) is 2. The molecule has 7 nitrogen and oxygen atoms in total. The third kappa shape index (κ3) is 6.34. The number of piperidine rings is 1. The van der Waals surface area contributed by atoms with Gasteiger partial charge in [0.05, 0.1) is 19.2 Å². The predicted octanol–water partition coefficient (Wildman–Crippen LogP) is 4.79. The molecular formula is C26H31FN2O5. The second-order valence-electron chi connectivity index (χ2n) is 9.30. The summed E-state index contributed by atoms with van der Waals surface area (Å²) in [5, 5.41) is 0. The summed E-state index contributed by atoms with van der Waals surface area (Å²) in [6, 6.07) is 13.2. The van der Waals surface area contributed by atoms with Crippen molar-refractivity contribution in [3.05, 3.63) is 65.5 Å². The van der Waals surface area contributed by atoms with Crippen LogP contribution in [0.25, 0.3) is 0 Å². The molecule has 1 aliphatic heterocycles. The van der Waals surface area contributed by atoms with E-state index in [1.54, 1.807) is 21.9 Å².